The molecule has 1 atom stereocenters. The van der Waals surface area contributed by atoms with Gasteiger partial charge in [-0.2, -0.15) is 13.2 Å². The van der Waals surface area contributed by atoms with Gasteiger partial charge in [0.05, 0.1) is 12.1 Å². The predicted molar refractivity (Wildman–Crippen MR) is 90.7 cm³/mol. The lowest BCUT2D eigenvalue weighted by Crippen LogP contribution is -2.30. The Morgan fingerprint density at radius 1 is 1.31 bits per heavy atom. The molecule has 0 aliphatic carbocycles. The summed E-state index contributed by atoms with van der Waals surface area (Å²) in [6.45, 7) is 0.143. The van der Waals surface area contributed by atoms with E-state index in [2.05, 4.69) is 10.3 Å². The number of amides is 1. The van der Waals surface area contributed by atoms with E-state index in [1.807, 2.05) is 30.3 Å². The molecule has 0 aliphatic heterocycles. The summed E-state index contributed by atoms with van der Waals surface area (Å²) >= 11 is 5.72. The van der Waals surface area contributed by atoms with Gasteiger partial charge in [0.15, 0.2) is 0 Å². The second-order valence-corrected chi connectivity index (χ2v) is 5.84. The maximum Gasteiger partial charge on any atom is 0.417 e. The number of nitrogens with zero attached hydrogens (tertiary/aromatic N) is 1. The molecule has 0 radical (unpaired) electrons. The van der Waals surface area contributed by atoms with Crippen LogP contribution in [0.3, 0.4) is 0 Å². The molecule has 1 aromatic heterocycles. The molecule has 2 rings (SSSR count). The first-order valence-corrected chi connectivity index (χ1v) is 8.08. The number of aromatic nitrogens is 1. The highest BCUT2D eigenvalue weighted by Gasteiger charge is 2.31. The Kier molecular flexibility index (Phi) is 6.82. The topological polar surface area (TPSA) is 77.2 Å². The fraction of sp³-hybridized carbons (Fsp3) is 0.294. The highest BCUT2D eigenvalue weighted by Crippen LogP contribution is 2.32. The SMILES string of the molecule is NC(CC(=O)NCCOc1ncc(C(F)(F)F)cc1Cl)c1ccccc1. The molecule has 0 fully saturated rings. The Hall–Kier alpha value is -2.32. The third-order valence-electron chi connectivity index (χ3n) is 3.43. The summed E-state index contributed by atoms with van der Waals surface area (Å²) in [5, 5.41) is 2.36. The average molecular weight is 388 g/mol. The van der Waals surface area contributed by atoms with Crippen molar-refractivity contribution in [1.82, 2.24) is 10.3 Å². The predicted octanol–water partition coefficient (Wildman–Crippen LogP) is 3.34. The van der Waals surface area contributed by atoms with Gasteiger partial charge in [0, 0.05) is 18.7 Å². The number of hydrogen-bond acceptors (Lipinski definition) is 4. The summed E-state index contributed by atoms with van der Waals surface area (Å²) in [5.74, 6) is -0.397. The van der Waals surface area contributed by atoms with E-state index >= 15 is 0 Å². The van der Waals surface area contributed by atoms with Crippen LogP contribution in [0.15, 0.2) is 42.6 Å². The van der Waals surface area contributed by atoms with Crippen LogP contribution in [0.1, 0.15) is 23.6 Å². The van der Waals surface area contributed by atoms with E-state index in [4.69, 9.17) is 22.1 Å². The monoisotopic (exact) mass is 387 g/mol. The third kappa shape index (κ3) is 5.89. The fourth-order valence-electron chi connectivity index (χ4n) is 2.11. The van der Waals surface area contributed by atoms with Gasteiger partial charge in [-0.05, 0) is 11.6 Å². The quantitative estimate of drug-likeness (QED) is 0.714. The zero-order valence-electron chi connectivity index (χ0n) is 13.6. The normalized spacial score (nSPS) is 12.5. The van der Waals surface area contributed by atoms with E-state index in [-0.39, 0.29) is 36.4 Å². The first-order valence-electron chi connectivity index (χ1n) is 7.70. The summed E-state index contributed by atoms with van der Waals surface area (Å²) < 4.78 is 42.8. The lowest BCUT2D eigenvalue weighted by molar-refractivity contribution is -0.137. The number of alkyl halides is 3. The van der Waals surface area contributed by atoms with Gasteiger partial charge in [-0.25, -0.2) is 4.98 Å². The summed E-state index contributed by atoms with van der Waals surface area (Å²) in [5.41, 5.74) is 5.84. The first-order chi connectivity index (χ1) is 12.3. The Morgan fingerprint density at radius 3 is 2.62 bits per heavy atom. The Balaban J connectivity index is 1.75. The number of halogens is 4. The molecular weight excluding hydrogens is 371 g/mol. The van der Waals surface area contributed by atoms with Crippen molar-refractivity contribution < 1.29 is 22.7 Å². The molecule has 0 spiro atoms. The third-order valence-corrected chi connectivity index (χ3v) is 3.70. The minimum Gasteiger partial charge on any atom is -0.475 e. The molecular formula is C17H17ClF3N3O2. The molecule has 1 heterocycles. The van der Waals surface area contributed by atoms with E-state index < -0.39 is 17.8 Å². The lowest BCUT2D eigenvalue weighted by Gasteiger charge is -2.13. The number of carbonyl (C=O) groups is 1. The molecule has 1 aromatic carbocycles. The van der Waals surface area contributed by atoms with E-state index in [9.17, 15) is 18.0 Å². The summed E-state index contributed by atoms with van der Waals surface area (Å²) in [4.78, 5) is 15.4. The molecule has 9 heteroatoms. The van der Waals surface area contributed by atoms with Crippen LogP contribution in [-0.2, 0) is 11.0 Å². The number of benzene rings is 1. The Labute approximate surface area is 153 Å². The zero-order valence-corrected chi connectivity index (χ0v) is 14.3. The minimum absolute atomic E-state index is 0.00436. The van der Waals surface area contributed by atoms with Crippen molar-refractivity contribution in [2.24, 2.45) is 5.73 Å². The smallest absolute Gasteiger partial charge is 0.417 e. The van der Waals surface area contributed by atoms with Crippen LogP contribution in [0, 0.1) is 0 Å². The van der Waals surface area contributed by atoms with Crippen molar-refractivity contribution in [3.63, 3.8) is 0 Å². The average Bonchev–Trinajstić information content (AvgIpc) is 2.59. The van der Waals surface area contributed by atoms with Crippen LogP contribution in [0.25, 0.3) is 0 Å². The molecule has 2 aromatic rings. The van der Waals surface area contributed by atoms with Crippen molar-refractivity contribution in [3.05, 3.63) is 58.7 Å². The summed E-state index contributed by atoms with van der Waals surface area (Å²) in [7, 11) is 0. The largest absolute Gasteiger partial charge is 0.475 e. The van der Waals surface area contributed by atoms with Crippen molar-refractivity contribution in [3.8, 4) is 5.88 Å². The van der Waals surface area contributed by atoms with Gasteiger partial charge < -0.3 is 15.8 Å². The zero-order chi connectivity index (χ0) is 19.2. The second kappa shape index (κ2) is 8.86. The van der Waals surface area contributed by atoms with E-state index in [0.717, 1.165) is 11.6 Å². The van der Waals surface area contributed by atoms with E-state index in [1.54, 1.807) is 0 Å². The number of ether oxygens (including phenoxy) is 1. The van der Waals surface area contributed by atoms with Crippen LogP contribution < -0.4 is 15.8 Å². The van der Waals surface area contributed by atoms with Crippen molar-refractivity contribution >= 4 is 17.5 Å². The van der Waals surface area contributed by atoms with Crippen molar-refractivity contribution in [1.29, 1.82) is 0 Å². The summed E-state index contributed by atoms with van der Waals surface area (Å²) in [6, 6.07) is 9.50. The van der Waals surface area contributed by atoms with Crippen molar-refractivity contribution in [2.75, 3.05) is 13.2 Å². The number of nitrogens with one attached hydrogen (secondary N) is 1. The van der Waals surface area contributed by atoms with Gasteiger partial charge in [0.25, 0.3) is 0 Å². The van der Waals surface area contributed by atoms with Gasteiger partial charge in [-0.15, -0.1) is 0 Å². The molecule has 0 saturated carbocycles. The Bertz CT molecular complexity index is 742. The molecule has 5 nitrogen and oxygen atoms in total. The van der Waals surface area contributed by atoms with Crippen molar-refractivity contribution in [2.45, 2.75) is 18.6 Å². The van der Waals surface area contributed by atoms with Crippen LogP contribution in [-0.4, -0.2) is 24.0 Å². The molecule has 3 N–H and O–H groups in total. The first kappa shape index (κ1) is 20.0. The fourth-order valence-corrected chi connectivity index (χ4v) is 2.34. The van der Waals surface area contributed by atoms with Crippen LogP contribution >= 0.6 is 11.6 Å². The summed E-state index contributed by atoms with van der Waals surface area (Å²) in [6.07, 6.45) is -3.79. The molecule has 140 valence electrons. The molecule has 0 aliphatic rings. The number of carbonyl (C=O) groups excluding carboxylic acids is 1. The molecule has 1 unspecified atom stereocenters. The molecule has 26 heavy (non-hydrogen) atoms. The van der Waals surface area contributed by atoms with E-state index in [1.165, 1.54) is 0 Å². The van der Waals surface area contributed by atoms with Crippen LogP contribution in [0.5, 0.6) is 5.88 Å². The Morgan fingerprint density at radius 2 is 2.00 bits per heavy atom. The van der Waals surface area contributed by atoms with Crippen LogP contribution in [0.4, 0.5) is 13.2 Å². The standard InChI is InChI=1S/C17H17ClF3N3O2/c18-13-8-12(17(19,20)21)10-24-16(13)26-7-6-23-15(25)9-14(22)11-4-2-1-3-5-11/h1-5,8,10,14H,6-7,9,22H2,(H,23,25). The second-order valence-electron chi connectivity index (χ2n) is 5.43. The van der Waals surface area contributed by atoms with Gasteiger partial charge >= 0.3 is 6.18 Å². The van der Waals surface area contributed by atoms with Gasteiger partial charge in [0.2, 0.25) is 11.8 Å². The van der Waals surface area contributed by atoms with Gasteiger partial charge in [-0.3, -0.25) is 4.79 Å². The highest BCUT2D eigenvalue weighted by molar-refractivity contribution is 6.31. The van der Waals surface area contributed by atoms with Crippen LogP contribution in [0.2, 0.25) is 5.02 Å². The van der Waals surface area contributed by atoms with Gasteiger partial charge in [0.1, 0.15) is 11.6 Å². The molecule has 1 amide bonds. The number of rotatable bonds is 7. The maximum atomic E-state index is 12.5. The molecule has 0 saturated heterocycles. The van der Waals surface area contributed by atoms with E-state index in [0.29, 0.717) is 6.20 Å². The van der Waals surface area contributed by atoms with Gasteiger partial charge in [-0.1, -0.05) is 41.9 Å². The minimum atomic E-state index is -4.53. The lowest BCUT2D eigenvalue weighted by atomic mass is 10.0. The molecule has 0 bridgehead atoms. The number of pyridine rings is 1. The number of nitrogens with two attached hydrogens (primary N) is 1. The highest BCUT2D eigenvalue weighted by atomic mass is 35.5. The maximum absolute atomic E-state index is 12.5. The number of hydrogen-bond donors (Lipinski definition) is 2.